The number of halogens is 1. The Hall–Kier alpha value is -3.26. The van der Waals surface area contributed by atoms with Crippen LogP contribution in [0.25, 0.3) is 0 Å². The van der Waals surface area contributed by atoms with Crippen molar-refractivity contribution in [3.05, 3.63) is 84.2 Å². The molecule has 0 aliphatic carbocycles. The first-order valence-corrected chi connectivity index (χ1v) is 10.7. The van der Waals surface area contributed by atoms with Gasteiger partial charge in [0.2, 0.25) is 5.91 Å². The van der Waals surface area contributed by atoms with Crippen molar-refractivity contribution in [1.29, 1.82) is 0 Å². The smallest absolute Gasteiger partial charge is 0.226 e. The number of benzene rings is 1. The van der Waals surface area contributed by atoms with Crippen molar-refractivity contribution in [2.75, 3.05) is 11.9 Å². The molecule has 2 atom stereocenters. The molecule has 3 heterocycles. The molecule has 1 aromatic carbocycles. The molecule has 6 nitrogen and oxygen atoms in total. The number of carbonyl (C=O) groups is 1. The molecule has 2 aromatic heterocycles. The fourth-order valence-corrected chi connectivity index (χ4v) is 4.26. The molecular weight excluding hydrogens is 413 g/mol. The predicted octanol–water partition coefficient (Wildman–Crippen LogP) is 4.04. The van der Waals surface area contributed by atoms with Gasteiger partial charge in [-0.15, -0.1) is 0 Å². The highest BCUT2D eigenvalue weighted by Gasteiger charge is 2.40. The quantitative estimate of drug-likeness (QED) is 0.546. The van der Waals surface area contributed by atoms with Gasteiger partial charge >= 0.3 is 0 Å². The van der Waals surface area contributed by atoms with Crippen LogP contribution in [-0.2, 0) is 11.3 Å². The van der Waals surface area contributed by atoms with E-state index >= 15 is 0 Å². The highest BCUT2D eigenvalue weighted by Crippen LogP contribution is 2.38. The van der Waals surface area contributed by atoms with Crippen LogP contribution in [0.2, 0.25) is 0 Å². The number of carbonyl (C=O) groups excluding carboxylic acids is 1. The maximum Gasteiger partial charge on any atom is 0.226 e. The molecule has 1 aliphatic rings. The van der Waals surface area contributed by atoms with Gasteiger partial charge in [0.05, 0.1) is 17.8 Å². The monoisotopic (exact) mass is 437 g/mol. The zero-order valence-corrected chi connectivity index (χ0v) is 18.0. The molecule has 2 N–H and O–H groups in total. The van der Waals surface area contributed by atoms with E-state index in [-0.39, 0.29) is 30.2 Å². The van der Waals surface area contributed by atoms with E-state index in [0.717, 1.165) is 17.9 Å². The van der Waals surface area contributed by atoms with Gasteiger partial charge in [0.15, 0.2) is 5.11 Å². The predicted molar refractivity (Wildman–Crippen MR) is 122 cm³/mol. The summed E-state index contributed by atoms with van der Waals surface area (Å²) in [6.45, 7) is 3.38. The maximum atomic E-state index is 13.1. The Morgan fingerprint density at radius 1 is 1.19 bits per heavy atom. The highest BCUT2D eigenvalue weighted by atomic mass is 32.1. The first-order valence-electron chi connectivity index (χ1n) is 10.3. The van der Waals surface area contributed by atoms with Gasteiger partial charge in [-0.05, 0) is 67.7 Å². The van der Waals surface area contributed by atoms with Crippen LogP contribution >= 0.6 is 12.2 Å². The van der Waals surface area contributed by atoms with E-state index in [0.29, 0.717) is 17.3 Å². The Labute approximate surface area is 186 Å². The standard InChI is InChI=1S/C23H24FN5OS/c1-2-28-14-5-7-19(28)22-21(18-6-3-4-13-25-18)27-23(31)29(22)15-12-20(30)26-17-10-8-16(24)9-11-17/h3-11,13-14,21-22H,2,12,15H2,1H3,(H,26,30)(H,27,31)/t21-,22-/m1/s1. The number of amides is 1. The molecule has 0 saturated carbocycles. The molecule has 1 amide bonds. The van der Waals surface area contributed by atoms with Crippen LogP contribution in [0.15, 0.2) is 67.0 Å². The van der Waals surface area contributed by atoms with Crippen LogP contribution in [0.5, 0.6) is 0 Å². The molecule has 0 radical (unpaired) electrons. The fourth-order valence-electron chi connectivity index (χ4n) is 3.93. The van der Waals surface area contributed by atoms with Crippen LogP contribution in [0.4, 0.5) is 10.1 Å². The molecular formula is C23H24FN5OS. The molecule has 1 saturated heterocycles. The van der Waals surface area contributed by atoms with Gasteiger partial charge in [0, 0.05) is 43.3 Å². The third-order valence-electron chi connectivity index (χ3n) is 5.41. The second kappa shape index (κ2) is 9.26. The van der Waals surface area contributed by atoms with Crippen molar-refractivity contribution < 1.29 is 9.18 Å². The highest BCUT2D eigenvalue weighted by molar-refractivity contribution is 7.80. The number of nitrogens with zero attached hydrogens (tertiary/aromatic N) is 3. The largest absolute Gasteiger partial charge is 0.352 e. The second-order valence-corrected chi connectivity index (χ2v) is 7.73. The number of anilines is 1. The molecule has 1 aliphatic heterocycles. The van der Waals surface area contributed by atoms with Gasteiger partial charge in [-0.2, -0.15) is 0 Å². The van der Waals surface area contributed by atoms with Crippen molar-refractivity contribution in [1.82, 2.24) is 19.8 Å². The van der Waals surface area contributed by atoms with Crippen LogP contribution in [0, 0.1) is 5.82 Å². The van der Waals surface area contributed by atoms with E-state index in [2.05, 4.69) is 38.1 Å². The van der Waals surface area contributed by atoms with Crippen LogP contribution < -0.4 is 10.6 Å². The second-order valence-electron chi connectivity index (χ2n) is 7.34. The van der Waals surface area contributed by atoms with Gasteiger partial charge in [-0.3, -0.25) is 9.78 Å². The maximum absolute atomic E-state index is 13.1. The fraction of sp³-hybridized carbons (Fsp3) is 0.261. The lowest BCUT2D eigenvalue weighted by Gasteiger charge is -2.28. The minimum absolute atomic E-state index is 0.0871. The average molecular weight is 438 g/mol. The van der Waals surface area contributed by atoms with Crippen LogP contribution in [-0.4, -0.2) is 32.0 Å². The summed E-state index contributed by atoms with van der Waals surface area (Å²) >= 11 is 5.65. The summed E-state index contributed by atoms with van der Waals surface area (Å²) in [5.74, 6) is -0.492. The topological polar surface area (TPSA) is 62.2 Å². The molecule has 0 unspecified atom stereocenters. The number of hydrogen-bond acceptors (Lipinski definition) is 3. The zero-order valence-electron chi connectivity index (χ0n) is 17.2. The Morgan fingerprint density at radius 2 is 2.00 bits per heavy atom. The lowest BCUT2D eigenvalue weighted by atomic mass is 10.0. The van der Waals surface area contributed by atoms with Gasteiger partial charge in [-0.25, -0.2) is 4.39 Å². The van der Waals surface area contributed by atoms with E-state index < -0.39 is 0 Å². The average Bonchev–Trinajstić information content (AvgIpc) is 3.38. The van der Waals surface area contributed by atoms with E-state index in [9.17, 15) is 9.18 Å². The Balaban J connectivity index is 1.54. The van der Waals surface area contributed by atoms with Crippen LogP contribution in [0.3, 0.4) is 0 Å². The number of thiocarbonyl (C=S) groups is 1. The molecule has 0 spiro atoms. The van der Waals surface area contributed by atoms with Gasteiger partial charge in [0.1, 0.15) is 5.82 Å². The third kappa shape index (κ3) is 4.59. The molecule has 31 heavy (non-hydrogen) atoms. The van der Waals surface area contributed by atoms with E-state index in [4.69, 9.17) is 12.2 Å². The zero-order chi connectivity index (χ0) is 21.8. The van der Waals surface area contributed by atoms with Crippen molar-refractivity contribution in [3.8, 4) is 0 Å². The number of hydrogen-bond donors (Lipinski definition) is 2. The van der Waals surface area contributed by atoms with Gasteiger partial charge < -0.3 is 20.1 Å². The Kier molecular flexibility index (Phi) is 6.27. The number of aromatic nitrogens is 2. The molecule has 0 bridgehead atoms. The lowest BCUT2D eigenvalue weighted by Crippen LogP contribution is -2.33. The van der Waals surface area contributed by atoms with E-state index in [1.54, 1.807) is 18.3 Å². The van der Waals surface area contributed by atoms with Crippen molar-refractivity contribution in [2.24, 2.45) is 0 Å². The lowest BCUT2D eigenvalue weighted by molar-refractivity contribution is -0.116. The molecule has 160 valence electrons. The van der Waals surface area contributed by atoms with E-state index in [1.807, 2.05) is 30.5 Å². The summed E-state index contributed by atoms with van der Waals surface area (Å²) in [4.78, 5) is 19.1. The summed E-state index contributed by atoms with van der Waals surface area (Å²) in [6, 6.07) is 15.5. The number of pyridine rings is 1. The summed E-state index contributed by atoms with van der Waals surface area (Å²) in [5, 5.41) is 6.80. The number of nitrogens with one attached hydrogen (secondary N) is 2. The summed E-state index contributed by atoms with van der Waals surface area (Å²) in [7, 11) is 0. The Morgan fingerprint density at radius 3 is 2.71 bits per heavy atom. The summed E-state index contributed by atoms with van der Waals surface area (Å²) in [6.07, 6.45) is 4.07. The third-order valence-corrected chi connectivity index (χ3v) is 5.77. The van der Waals surface area contributed by atoms with Crippen molar-refractivity contribution >= 4 is 28.9 Å². The van der Waals surface area contributed by atoms with Crippen molar-refractivity contribution in [3.63, 3.8) is 0 Å². The van der Waals surface area contributed by atoms with Crippen molar-refractivity contribution in [2.45, 2.75) is 32.0 Å². The minimum atomic E-state index is -0.339. The summed E-state index contributed by atoms with van der Waals surface area (Å²) in [5.41, 5.74) is 2.58. The molecule has 1 fully saturated rings. The number of rotatable bonds is 7. The molecule has 8 heteroatoms. The van der Waals surface area contributed by atoms with Crippen LogP contribution in [0.1, 0.15) is 36.8 Å². The molecule has 3 aromatic rings. The van der Waals surface area contributed by atoms with Gasteiger partial charge in [0.25, 0.3) is 0 Å². The number of aryl methyl sites for hydroxylation is 1. The normalized spacial score (nSPS) is 18.1. The van der Waals surface area contributed by atoms with Gasteiger partial charge in [-0.1, -0.05) is 6.07 Å². The first-order chi connectivity index (χ1) is 15.1. The SMILES string of the molecule is CCn1cccc1[C@@H]1[C@@H](c2ccccn2)NC(=S)N1CCC(=O)Nc1ccc(F)cc1. The summed E-state index contributed by atoms with van der Waals surface area (Å²) < 4.78 is 15.3. The Bertz CT molecular complexity index is 1050. The first kappa shape index (κ1) is 21.0. The minimum Gasteiger partial charge on any atom is -0.352 e. The molecule has 4 rings (SSSR count). The van der Waals surface area contributed by atoms with E-state index in [1.165, 1.54) is 12.1 Å².